The predicted octanol–water partition coefficient (Wildman–Crippen LogP) is 1.58. The molecule has 1 aliphatic rings. The van der Waals surface area contributed by atoms with Gasteiger partial charge in [-0.15, -0.1) is 0 Å². The van der Waals surface area contributed by atoms with Crippen LogP contribution in [0.4, 0.5) is 0 Å². The normalized spacial score (nSPS) is 19.7. The Morgan fingerprint density at radius 1 is 1.64 bits per heavy atom. The molecule has 0 aromatic carbocycles. The molecule has 0 amide bonds. The molecule has 14 heavy (non-hydrogen) atoms. The fourth-order valence-electron chi connectivity index (χ4n) is 1.39. The molecule has 0 bridgehead atoms. The lowest BCUT2D eigenvalue weighted by atomic mass is 10.3. The highest BCUT2D eigenvalue weighted by molar-refractivity contribution is 6.01. The molecule has 0 aromatic heterocycles. The van der Waals surface area contributed by atoms with Crippen molar-refractivity contribution in [3.8, 4) is 0 Å². The maximum atomic E-state index is 10.8. The van der Waals surface area contributed by atoms with Crippen molar-refractivity contribution in [1.29, 1.82) is 0 Å². The van der Waals surface area contributed by atoms with E-state index < -0.39 is 0 Å². The van der Waals surface area contributed by atoms with Crippen LogP contribution in [-0.4, -0.2) is 16.7 Å². The molecule has 4 nitrogen and oxygen atoms in total. The van der Waals surface area contributed by atoms with Crippen LogP contribution in [0.15, 0.2) is 28.7 Å². The zero-order chi connectivity index (χ0) is 10.6. The average molecular weight is 194 g/mol. The van der Waals surface area contributed by atoms with Crippen LogP contribution < -0.4 is 5.32 Å². The monoisotopic (exact) mass is 194 g/mol. The second-order valence-electron chi connectivity index (χ2n) is 3.27. The molecule has 0 radical (unpaired) electrons. The maximum Gasteiger partial charge on any atom is 0.154 e. The van der Waals surface area contributed by atoms with Gasteiger partial charge in [0.25, 0.3) is 0 Å². The second kappa shape index (κ2) is 4.60. The van der Waals surface area contributed by atoms with Crippen LogP contribution >= 0.6 is 0 Å². The highest BCUT2D eigenvalue weighted by atomic mass is 16.4. The number of hydrogen-bond acceptors (Lipinski definition) is 4. The van der Waals surface area contributed by atoms with Crippen LogP contribution in [-0.2, 0) is 4.79 Å². The van der Waals surface area contributed by atoms with Crippen molar-refractivity contribution >= 4 is 11.5 Å². The lowest BCUT2D eigenvalue weighted by Gasteiger charge is -2.06. The van der Waals surface area contributed by atoms with Gasteiger partial charge in [0.15, 0.2) is 5.78 Å². The van der Waals surface area contributed by atoms with Gasteiger partial charge in [0, 0.05) is 5.70 Å². The quantitative estimate of drug-likeness (QED) is 0.407. The summed E-state index contributed by atoms with van der Waals surface area (Å²) >= 11 is 0. The molecule has 0 fully saturated rings. The second-order valence-corrected chi connectivity index (χ2v) is 3.27. The van der Waals surface area contributed by atoms with Crippen molar-refractivity contribution in [2.45, 2.75) is 26.7 Å². The van der Waals surface area contributed by atoms with E-state index in [9.17, 15) is 4.79 Å². The Bertz CT molecular complexity index is 327. The van der Waals surface area contributed by atoms with Gasteiger partial charge in [0.05, 0.1) is 5.70 Å². The minimum Gasteiger partial charge on any atom is -0.411 e. The molecule has 0 heterocycles. The average Bonchev–Trinajstić information content (AvgIpc) is 2.50. The summed E-state index contributed by atoms with van der Waals surface area (Å²) in [6.07, 6.45) is 5.07. The van der Waals surface area contributed by atoms with Gasteiger partial charge in [-0.1, -0.05) is 11.2 Å². The minimum atomic E-state index is -0.00363. The van der Waals surface area contributed by atoms with Crippen LogP contribution in [0.25, 0.3) is 0 Å². The highest BCUT2D eigenvalue weighted by Crippen LogP contribution is 2.13. The molecule has 0 unspecified atom stereocenters. The molecule has 0 aliphatic heterocycles. The van der Waals surface area contributed by atoms with Crippen molar-refractivity contribution in [3.05, 3.63) is 23.5 Å². The molecule has 1 rings (SSSR count). The molecule has 0 spiro atoms. The van der Waals surface area contributed by atoms with E-state index in [1.165, 1.54) is 13.0 Å². The lowest BCUT2D eigenvalue weighted by molar-refractivity contribution is -0.112. The van der Waals surface area contributed by atoms with Crippen LogP contribution in [0.2, 0.25) is 0 Å². The molecule has 1 aliphatic carbocycles. The summed E-state index contributed by atoms with van der Waals surface area (Å²) in [6, 6.07) is 0. The number of carbonyl (C=O) groups excluding carboxylic acids is 1. The van der Waals surface area contributed by atoms with Gasteiger partial charge < -0.3 is 10.5 Å². The number of carbonyl (C=O) groups is 1. The van der Waals surface area contributed by atoms with Crippen LogP contribution in [0, 0.1) is 0 Å². The number of nitrogens with one attached hydrogen (secondary N) is 1. The first-order valence-electron chi connectivity index (χ1n) is 4.51. The number of hydrogen-bond donors (Lipinski definition) is 2. The van der Waals surface area contributed by atoms with Crippen molar-refractivity contribution in [2.75, 3.05) is 0 Å². The summed E-state index contributed by atoms with van der Waals surface area (Å²) < 4.78 is 0. The van der Waals surface area contributed by atoms with Crippen LogP contribution in [0.1, 0.15) is 26.7 Å². The number of nitrogens with zero attached hydrogens (tertiary/aromatic N) is 1. The first-order valence-corrected chi connectivity index (χ1v) is 4.51. The van der Waals surface area contributed by atoms with Crippen molar-refractivity contribution < 1.29 is 10.0 Å². The molecule has 76 valence electrons. The van der Waals surface area contributed by atoms with E-state index in [0.29, 0.717) is 5.71 Å². The van der Waals surface area contributed by atoms with E-state index in [1.807, 2.05) is 6.08 Å². The third kappa shape index (κ3) is 2.73. The minimum absolute atomic E-state index is 0.00363. The van der Waals surface area contributed by atoms with Crippen molar-refractivity contribution in [1.82, 2.24) is 5.32 Å². The zero-order valence-corrected chi connectivity index (χ0v) is 8.37. The SMILES string of the molecule is CC(=O)/C=C(/C)NC1=CCC/C1=N/O. The smallest absolute Gasteiger partial charge is 0.154 e. The van der Waals surface area contributed by atoms with Gasteiger partial charge in [-0.3, -0.25) is 4.79 Å². The topological polar surface area (TPSA) is 61.7 Å². The number of allylic oxidation sites excluding steroid dienone is 4. The number of rotatable bonds is 3. The van der Waals surface area contributed by atoms with Crippen molar-refractivity contribution in [3.63, 3.8) is 0 Å². The molecule has 0 atom stereocenters. The van der Waals surface area contributed by atoms with Gasteiger partial charge in [0.1, 0.15) is 5.71 Å². The molecular formula is C10H14N2O2. The summed E-state index contributed by atoms with van der Waals surface area (Å²) in [4.78, 5) is 10.8. The van der Waals surface area contributed by atoms with Gasteiger partial charge >= 0.3 is 0 Å². The van der Waals surface area contributed by atoms with E-state index in [-0.39, 0.29) is 5.78 Å². The Balaban J connectivity index is 2.65. The summed E-state index contributed by atoms with van der Waals surface area (Å²) in [5.74, 6) is -0.00363. The largest absolute Gasteiger partial charge is 0.411 e. The third-order valence-electron chi connectivity index (χ3n) is 1.91. The van der Waals surface area contributed by atoms with Gasteiger partial charge in [-0.2, -0.15) is 0 Å². The molecule has 0 saturated carbocycles. The Labute approximate surface area is 83.0 Å². The van der Waals surface area contributed by atoms with Crippen molar-refractivity contribution in [2.24, 2.45) is 5.16 Å². The Hall–Kier alpha value is -1.58. The maximum absolute atomic E-state index is 10.8. The lowest BCUT2D eigenvalue weighted by Crippen LogP contribution is -2.16. The molecule has 2 N–H and O–H groups in total. The van der Waals surface area contributed by atoms with E-state index in [1.54, 1.807) is 6.92 Å². The number of ketones is 1. The predicted molar refractivity (Wildman–Crippen MR) is 54.1 cm³/mol. The first-order chi connectivity index (χ1) is 6.63. The van der Waals surface area contributed by atoms with Gasteiger partial charge in [-0.05, 0) is 32.8 Å². The van der Waals surface area contributed by atoms with E-state index in [4.69, 9.17) is 5.21 Å². The molecule has 0 aromatic rings. The summed E-state index contributed by atoms with van der Waals surface area (Å²) in [6.45, 7) is 3.30. The standard InChI is InChI=1S/C10H14N2O2/c1-7(6-8(2)13)11-9-4-3-5-10(9)12-14/h4,6,11,14H,3,5H2,1-2H3/b7-6-,12-10-. The summed E-state index contributed by atoms with van der Waals surface area (Å²) in [5.41, 5.74) is 2.19. The molecular weight excluding hydrogens is 180 g/mol. The summed E-state index contributed by atoms with van der Waals surface area (Å²) in [5, 5.41) is 14.8. The highest BCUT2D eigenvalue weighted by Gasteiger charge is 2.13. The van der Waals surface area contributed by atoms with Gasteiger partial charge in [-0.25, -0.2) is 0 Å². The summed E-state index contributed by atoms with van der Waals surface area (Å²) in [7, 11) is 0. The fourth-order valence-corrected chi connectivity index (χ4v) is 1.39. The van der Waals surface area contributed by atoms with E-state index >= 15 is 0 Å². The first kappa shape index (κ1) is 10.5. The zero-order valence-electron chi connectivity index (χ0n) is 8.37. The Kier molecular flexibility index (Phi) is 3.45. The van der Waals surface area contributed by atoms with E-state index in [0.717, 1.165) is 24.2 Å². The molecule has 4 heteroatoms. The van der Waals surface area contributed by atoms with Crippen LogP contribution in [0.5, 0.6) is 0 Å². The van der Waals surface area contributed by atoms with Gasteiger partial charge in [0.2, 0.25) is 0 Å². The van der Waals surface area contributed by atoms with Crippen LogP contribution in [0.3, 0.4) is 0 Å². The Morgan fingerprint density at radius 3 is 2.93 bits per heavy atom. The number of oxime groups is 1. The van der Waals surface area contributed by atoms with E-state index in [2.05, 4.69) is 10.5 Å². The fraction of sp³-hybridized carbons (Fsp3) is 0.400. The third-order valence-corrected chi connectivity index (χ3v) is 1.91. The molecule has 0 saturated heterocycles. The Morgan fingerprint density at radius 2 is 2.36 bits per heavy atom.